The molecule has 6 nitrogen and oxygen atoms in total. The maximum Gasteiger partial charge on any atom is 0.261 e. The topological polar surface area (TPSA) is 78.5 Å². The van der Waals surface area contributed by atoms with Crippen LogP contribution in [0.1, 0.15) is 68.3 Å². The molecule has 1 amide bonds. The highest BCUT2D eigenvalue weighted by atomic mass is 32.2. The van der Waals surface area contributed by atoms with Crippen LogP contribution in [0, 0.1) is 18.8 Å². The molecule has 2 fully saturated rings. The van der Waals surface area contributed by atoms with Crippen LogP contribution < -0.4 is 14.9 Å². The summed E-state index contributed by atoms with van der Waals surface area (Å²) >= 11 is 0. The Balaban J connectivity index is 1.62. The number of anilines is 2. The van der Waals surface area contributed by atoms with Crippen LogP contribution in [-0.2, 0) is 10.0 Å². The van der Waals surface area contributed by atoms with Gasteiger partial charge in [0, 0.05) is 24.7 Å². The lowest BCUT2D eigenvalue weighted by Gasteiger charge is -2.34. The van der Waals surface area contributed by atoms with E-state index in [0.717, 1.165) is 50.0 Å². The number of amides is 1. The first-order valence-electron chi connectivity index (χ1n) is 12.5. The molecule has 1 aliphatic carbocycles. The summed E-state index contributed by atoms with van der Waals surface area (Å²) in [5.41, 5.74) is 2.76. The molecule has 34 heavy (non-hydrogen) atoms. The van der Waals surface area contributed by atoms with Crippen LogP contribution in [0.4, 0.5) is 11.4 Å². The Morgan fingerprint density at radius 2 is 1.65 bits per heavy atom. The Morgan fingerprint density at radius 3 is 2.35 bits per heavy atom. The van der Waals surface area contributed by atoms with Crippen molar-refractivity contribution in [2.45, 2.75) is 70.2 Å². The van der Waals surface area contributed by atoms with E-state index in [1.807, 2.05) is 19.1 Å². The summed E-state index contributed by atoms with van der Waals surface area (Å²) in [6, 6.07) is 12.3. The van der Waals surface area contributed by atoms with Crippen molar-refractivity contribution in [1.82, 2.24) is 5.32 Å². The lowest BCUT2D eigenvalue weighted by atomic mass is 9.78. The molecule has 3 atom stereocenters. The molecule has 1 heterocycles. The van der Waals surface area contributed by atoms with E-state index in [0.29, 0.717) is 23.1 Å². The van der Waals surface area contributed by atoms with E-state index in [1.165, 1.54) is 12.8 Å². The van der Waals surface area contributed by atoms with Crippen LogP contribution in [0.3, 0.4) is 0 Å². The maximum absolute atomic E-state index is 13.2. The first-order valence-corrected chi connectivity index (χ1v) is 14.0. The number of carbonyl (C=O) groups excluding carboxylic acids is 1. The molecule has 0 aromatic heterocycles. The third-order valence-electron chi connectivity index (χ3n) is 7.55. The number of hydrogen-bond acceptors (Lipinski definition) is 4. The molecule has 1 saturated heterocycles. The van der Waals surface area contributed by atoms with Gasteiger partial charge in [-0.1, -0.05) is 44.4 Å². The number of sulfonamides is 1. The van der Waals surface area contributed by atoms with Gasteiger partial charge in [0.25, 0.3) is 15.9 Å². The second-order valence-electron chi connectivity index (χ2n) is 10.0. The molecule has 1 aliphatic heterocycles. The molecule has 0 bridgehead atoms. The van der Waals surface area contributed by atoms with E-state index >= 15 is 0 Å². The second-order valence-corrected chi connectivity index (χ2v) is 11.7. The summed E-state index contributed by atoms with van der Waals surface area (Å²) < 4.78 is 29.2. The Morgan fingerprint density at radius 1 is 0.941 bits per heavy atom. The van der Waals surface area contributed by atoms with Crippen LogP contribution in [0.2, 0.25) is 0 Å². The number of hydrogen-bond donors (Lipinski definition) is 2. The third-order valence-corrected chi connectivity index (χ3v) is 8.94. The number of benzene rings is 2. The number of piperidine rings is 1. The molecule has 0 spiro atoms. The molecule has 2 N–H and O–H groups in total. The Kier molecular flexibility index (Phi) is 7.51. The minimum Gasteiger partial charge on any atom is -0.370 e. The molecule has 2 aromatic rings. The van der Waals surface area contributed by atoms with Crippen molar-refractivity contribution in [2.24, 2.45) is 11.8 Å². The van der Waals surface area contributed by atoms with Gasteiger partial charge in [-0.2, -0.15) is 0 Å². The standard InChI is InChI=1S/C27H37N3O3S/c1-19-10-13-23(14-11-19)34(32,33)29-25-18-22(12-15-26(25)30-16-5-4-6-17-30)27(31)28-24-9-7-8-20(2)21(24)3/h10-15,18,20-21,24,29H,4-9,16-17H2,1-3H3,(H,28,31)/t20-,21+,24-/m1/s1. The monoisotopic (exact) mass is 483 g/mol. The van der Waals surface area contributed by atoms with Gasteiger partial charge in [-0.3, -0.25) is 9.52 Å². The van der Waals surface area contributed by atoms with Gasteiger partial charge in [0.05, 0.1) is 16.3 Å². The summed E-state index contributed by atoms with van der Waals surface area (Å²) in [7, 11) is -3.79. The number of nitrogens with zero attached hydrogens (tertiary/aromatic N) is 1. The second kappa shape index (κ2) is 10.4. The van der Waals surface area contributed by atoms with Gasteiger partial charge < -0.3 is 10.2 Å². The lowest BCUT2D eigenvalue weighted by molar-refractivity contribution is 0.0891. The van der Waals surface area contributed by atoms with E-state index in [4.69, 9.17) is 0 Å². The van der Waals surface area contributed by atoms with Crippen molar-refractivity contribution >= 4 is 27.3 Å². The summed E-state index contributed by atoms with van der Waals surface area (Å²) in [6.07, 6.45) is 6.62. The van der Waals surface area contributed by atoms with Crippen molar-refractivity contribution in [1.29, 1.82) is 0 Å². The van der Waals surface area contributed by atoms with Gasteiger partial charge in [-0.15, -0.1) is 0 Å². The Hall–Kier alpha value is -2.54. The van der Waals surface area contributed by atoms with E-state index in [-0.39, 0.29) is 16.8 Å². The molecule has 1 saturated carbocycles. The fraction of sp³-hybridized carbons (Fsp3) is 0.519. The predicted octanol–water partition coefficient (Wildman–Crippen LogP) is 5.34. The minimum atomic E-state index is -3.79. The quantitative estimate of drug-likeness (QED) is 0.581. The predicted molar refractivity (Wildman–Crippen MR) is 138 cm³/mol. The average Bonchev–Trinajstić information content (AvgIpc) is 2.82. The van der Waals surface area contributed by atoms with Crippen LogP contribution in [0.15, 0.2) is 47.4 Å². The van der Waals surface area contributed by atoms with Crippen molar-refractivity contribution < 1.29 is 13.2 Å². The van der Waals surface area contributed by atoms with Crippen molar-refractivity contribution in [2.75, 3.05) is 22.7 Å². The maximum atomic E-state index is 13.2. The van der Waals surface area contributed by atoms with Crippen molar-refractivity contribution in [3.63, 3.8) is 0 Å². The Labute approximate surface area is 204 Å². The fourth-order valence-corrected chi connectivity index (χ4v) is 6.19. The summed E-state index contributed by atoms with van der Waals surface area (Å²) in [5.74, 6) is 0.856. The number of rotatable bonds is 6. The lowest BCUT2D eigenvalue weighted by Crippen LogP contribution is -2.43. The number of nitrogens with one attached hydrogen (secondary N) is 2. The summed E-state index contributed by atoms with van der Waals surface area (Å²) in [5, 5.41) is 3.21. The van der Waals surface area contributed by atoms with Gasteiger partial charge in [0.15, 0.2) is 0 Å². The molecule has 0 unspecified atom stereocenters. The molecule has 7 heteroatoms. The van der Waals surface area contributed by atoms with Crippen LogP contribution in [-0.4, -0.2) is 33.5 Å². The van der Waals surface area contributed by atoms with Crippen LogP contribution in [0.25, 0.3) is 0 Å². The molecule has 0 radical (unpaired) electrons. The fourth-order valence-electron chi connectivity index (χ4n) is 5.13. The van der Waals surface area contributed by atoms with Gasteiger partial charge in [0.1, 0.15) is 0 Å². The molecule has 184 valence electrons. The van der Waals surface area contributed by atoms with Crippen LogP contribution in [0.5, 0.6) is 0 Å². The largest absolute Gasteiger partial charge is 0.370 e. The minimum absolute atomic E-state index is 0.144. The molecule has 2 aliphatic rings. The average molecular weight is 484 g/mol. The highest BCUT2D eigenvalue weighted by Gasteiger charge is 2.29. The first kappa shape index (κ1) is 24.6. The Bertz CT molecular complexity index is 1110. The summed E-state index contributed by atoms with van der Waals surface area (Å²) in [6.45, 7) is 8.13. The molecular formula is C27H37N3O3S. The van der Waals surface area contributed by atoms with Crippen molar-refractivity contribution in [3.05, 3.63) is 53.6 Å². The zero-order chi connectivity index (χ0) is 24.3. The smallest absolute Gasteiger partial charge is 0.261 e. The zero-order valence-electron chi connectivity index (χ0n) is 20.5. The highest BCUT2D eigenvalue weighted by Crippen LogP contribution is 2.33. The van der Waals surface area contributed by atoms with E-state index in [1.54, 1.807) is 30.3 Å². The van der Waals surface area contributed by atoms with Gasteiger partial charge in [-0.25, -0.2) is 8.42 Å². The SMILES string of the molecule is Cc1ccc(S(=O)(=O)Nc2cc(C(=O)N[C@@H]3CCC[C@@H](C)[C@@H]3C)ccc2N2CCCCC2)cc1. The van der Waals surface area contributed by atoms with Gasteiger partial charge >= 0.3 is 0 Å². The number of aryl methyl sites for hydroxylation is 1. The zero-order valence-corrected chi connectivity index (χ0v) is 21.3. The van der Waals surface area contributed by atoms with Crippen molar-refractivity contribution in [3.8, 4) is 0 Å². The van der Waals surface area contributed by atoms with E-state index in [2.05, 4.69) is 28.8 Å². The normalized spacial score (nSPS) is 23.4. The molecular weight excluding hydrogens is 446 g/mol. The van der Waals surface area contributed by atoms with E-state index in [9.17, 15) is 13.2 Å². The number of carbonyl (C=O) groups is 1. The highest BCUT2D eigenvalue weighted by molar-refractivity contribution is 7.92. The third kappa shape index (κ3) is 5.57. The van der Waals surface area contributed by atoms with Crippen LogP contribution >= 0.6 is 0 Å². The van der Waals surface area contributed by atoms with Gasteiger partial charge in [-0.05, 0) is 74.8 Å². The van der Waals surface area contributed by atoms with E-state index < -0.39 is 10.0 Å². The van der Waals surface area contributed by atoms with Gasteiger partial charge in [0.2, 0.25) is 0 Å². The summed E-state index contributed by atoms with van der Waals surface area (Å²) in [4.78, 5) is 15.6. The molecule has 4 rings (SSSR count). The first-order chi connectivity index (χ1) is 16.2. The molecule has 2 aromatic carbocycles.